The van der Waals surface area contributed by atoms with Crippen molar-refractivity contribution in [3.63, 3.8) is 0 Å². The molecule has 0 fully saturated rings. The third-order valence-corrected chi connectivity index (χ3v) is 6.29. The maximum atomic E-state index is 12.9. The molecule has 0 aliphatic carbocycles. The van der Waals surface area contributed by atoms with Gasteiger partial charge in [0.1, 0.15) is 0 Å². The fourth-order valence-electron chi connectivity index (χ4n) is 4.55. The molecule has 5 heteroatoms. The number of fused-ring (bicyclic) bond motifs is 1. The zero-order valence-corrected chi connectivity index (χ0v) is 19.8. The molecule has 0 aromatic heterocycles. The van der Waals surface area contributed by atoms with Gasteiger partial charge in [-0.05, 0) is 66.1 Å². The number of carbonyl (C=O) groups excluding carboxylic acids is 2. The van der Waals surface area contributed by atoms with E-state index in [1.165, 1.54) is 23.6 Å². The highest BCUT2D eigenvalue weighted by Crippen LogP contribution is 2.24. The van der Waals surface area contributed by atoms with Gasteiger partial charge in [0.25, 0.3) is 5.91 Å². The predicted octanol–water partition coefficient (Wildman–Crippen LogP) is 4.96. The van der Waals surface area contributed by atoms with Gasteiger partial charge in [-0.25, -0.2) is 0 Å². The van der Waals surface area contributed by atoms with E-state index in [1.54, 1.807) is 0 Å². The van der Waals surface area contributed by atoms with Gasteiger partial charge < -0.3 is 10.6 Å². The number of carbonyl (C=O) groups is 2. The van der Waals surface area contributed by atoms with Crippen molar-refractivity contribution in [2.24, 2.45) is 0 Å². The van der Waals surface area contributed by atoms with Gasteiger partial charge in [0.2, 0.25) is 5.91 Å². The predicted molar refractivity (Wildman–Crippen MR) is 137 cm³/mol. The Hall–Kier alpha value is -3.44. The average Bonchev–Trinajstić information content (AvgIpc) is 2.84. The minimum absolute atomic E-state index is 0.000616. The van der Waals surface area contributed by atoms with E-state index in [0.717, 1.165) is 62.1 Å². The number of anilines is 1. The monoisotopic (exact) mass is 455 g/mol. The Morgan fingerprint density at radius 3 is 2.53 bits per heavy atom. The van der Waals surface area contributed by atoms with Crippen LogP contribution in [0.15, 0.2) is 72.8 Å². The highest BCUT2D eigenvalue weighted by molar-refractivity contribution is 5.95. The van der Waals surface area contributed by atoms with Gasteiger partial charge in [-0.2, -0.15) is 0 Å². The molecule has 5 nitrogen and oxygen atoms in total. The largest absolute Gasteiger partial charge is 0.352 e. The van der Waals surface area contributed by atoms with Gasteiger partial charge in [-0.15, -0.1) is 0 Å². The molecule has 2 N–H and O–H groups in total. The van der Waals surface area contributed by atoms with Crippen molar-refractivity contribution >= 4 is 17.5 Å². The first-order valence-corrected chi connectivity index (χ1v) is 12.1. The van der Waals surface area contributed by atoms with Crippen molar-refractivity contribution in [3.05, 3.63) is 101 Å². The van der Waals surface area contributed by atoms with Crippen LogP contribution in [0, 0.1) is 0 Å². The highest BCUT2D eigenvalue weighted by atomic mass is 16.2. The fraction of sp³-hybridized carbons (Fsp3) is 0.310. The summed E-state index contributed by atoms with van der Waals surface area (Å²) in [4.78, 5) is 26.7. The van der Waals surface area contributed by atoms with Crippen molar-refractivity contribution in [2.45, 2.75) is 45.7 Å². The molecule has 0 saturated heterocycles. The number of hydrogen-bond acceptors (Lipinski definition) is 3. The van der Waals surface area contributed by atoms with E-state index in [-0.39, 0.29) is 11.8 Å². The van der Waals surface area contributed by atoms with Crippen molar-refractivity contribution in [1.82, 2.24) is 10.2 Å². The van der Waals surface area contributed by atoms with Gasteiger partial charge in [0.05, 0.1) is 0 Å². The Kier molecular flexibility index (Phi) is 8.10. The normalized spacial score (nSPS) is 13.2. The first kappa shape index (κ1) is 23.7. The topological polar surface area (TPSA) is 61.4 Å². The van der Waals surface area contributed by atoms with Crippen LogP contribution in [0.4, 0.5) is 5.69 Å². The first-order valence-electron chi connectivity index (χ1n) is 12.1. The molecule has 4 rings (SSSR count). The maximum Gasteiger partial charge on any atom is 0.251 e. The second kappa shape index (κ2) is 11.6. The molecule has 1 heterocycles. The minimum atomic E-state index is -0.0624. The lowest BCUT2D eigenvalue weighted by molar-refractivity contribution is -0.114. The van der Waals surface area contributed by atoms with Crippen LogP contribution in [0.25, 0.3) is 0 Å². The van der Waals surface area contributed by atoms with Crippen LogP contribution in [0.1, 0.15) is 52.4 Å². The minimum Gasteiger partial charge on any atom is -0.352 e. The molecule has 0 spiro atoms. The van der Waals surface area contributed by atoms with Crippen LogP contribution in [0.3, 0.4) is 0 Å². The standard InChI is InChI=1S/C29H33N3O2/c1-22(33)31-27-15-14-24-16-18-32(21-26(24)19-27)20-25-12-5-6-13-28(25)29(34)30-17-8-7-11-23-9-3-2-4-10-23/h2-6,9-10,12-15,19H,7-8,11,16-18,20-21H2,1H3,(H,30,34)(H,31,33). The Morgan fingerprint density at radius 2 is 1.71 bits per heavy atom. The van der Waals surface area contributed by atoms with Crippen molar-refractivity contribution in [1.29, 1.82) is 0 Å². The van der Waals surface area contributed by atoms with Crippen LogP contribution in [-0.2, 0) is 30.7 Å². The Bertz CT molecular complexity index is 1130. The zero-order valence-electron chi connectivity index (χ0n) is 19.8. The lowest BCUT2D eigenvalue weighted by Crippen LogP contribution is -2.32. The number of benzene rings is 3. The van der Waals surface area contributed by atoms with Gasteiger partial charge >= 0.3 is 0 Å². The van der Waals surface area contributed by atoms with Crippen LogP contribution < -0.4 is 10.6 Å². The molecule has 1 aliphatic rings. The summed E-state index contributed by atoms with van der Waals surface area (Å²) in [6.45, 7) is 4.68. The summed E-state index contributed by atoms with van der Waals surface area (Å²) in [5.41, 5.74) is 6.53. The molecular weight excluding hydrogens is 422 g/mol. The molecule has 0 saturated carbocycles. The summed E-state index contributed by atoms with van der Waals surface area (Å²) in [7, 11) is 0. The van der Waals surface area contributed by atoms with E-state index in [1.807, 2.05) is 36.4 Å². The highest BCUT2D eigenvalue weighted by Gasteiger charge is 2.19. The summed E-state index contributed by atoms with van der Waals surface area (Å²) in [6, 6.07) is 24.5. The smallest absolute Gasteiger partial charge is 0.251 e. The number of hydrogen-bond donors (Lipinski definition) is 2. The molecule has 0 bridgehead atoms. The van der Waals surface area contributed by atoms with E-state index < -0.39 is 0 Å². The van der Waals surface area contributed by atoms with Gasteiger partial charge in [0.15, 0.2) is 0 Å². The van der Waals surface area contributed by atoms with Crippen LogP contribution >= 0.6 is 0 Å². The number of nitrogens with one attached hydrogen (secondary N) is 2. The second-order valence-electron chi connectivity index (χ2n) is 8.98. The lowest BCUT2D eigenvalue weighted by atomic mass is 9.98. The number of amides is 2. The summed E-state index contributed by atoms with van der Waals surface area (Å²) >= 11 is 0. The maximum absolute atomic E-state index is 12.9. The van der Waals surface area contributed by atoms with E-state index in [9.17, 15) is 9.59 Å². The summed E-state index contributed by atoms with van der Waals surface area (Å²) in [6.07, 6.45) is 4.01. The lowest BCUT2D eigenvalue weighted by Gasteiger charge is -2.29. The van der Waals surface area contributed by atoms with Crippen LogP contribution in [0.5, 0.6) is 0 Å². The molecule has 3 aromatic rings. The number of aryl methyl sites for hydroxylation is 1. The second-order valence-corrected chi connectivity index (χ2v) is 8.98. The third kappa shape index (κ3) is 6.55. The van der Waals surface area contributed by atoms with Crippen LogP contribution in [0.2, 0.25) is 0 Å². The van der Waals surface area contributed by atoms with Crippen LogP contribution in [-0.4, -0.2) is 29.8 Å². The zero-order chi connectivity index (χ0) is 23.8. The molecule has 1 aliphatic heterocycles. The Balaban J connectivity index is 1.31. The molecule has 2 amide bonds. The van der Waals surface area contributed by atoms with Gasteiger partial charge in [-0.1, -0.05) is 54.6 Å². The molecular formula is C29H33N3O2. The number of rotatable bonds is 9. The van der Waals surface area contributed by atoms with Gasteiger partial charge in [0, 0.05) is 44.4 Å². The van der Waals surface area contributed by atoms with Crippen molar-refractivity contribution in [3.8, 4) is 0 Å². The SMILES string of the molecule is CC(=O)Nc1ccc2c(c1)CN(Cc1ccccc1C(=O)NCCCCc1ccccc1)CC2. The molecule has 0 radical (unpaired) electrons. The third-order valence-electron chi connectivity index (χ3n) is 6.29. The van der Waals surface area contributed by atoms with Gasteiger partial charge in [-0.3, -0.25) is 14.5 Å². The quantitative estimate of drug-likeness (QED) is 0.449. The molecule has 3 aromatic carbocycles. The van der Waals surface area contributed by atoms with E-state index >= 15 is 0 Å². The summed E-state index contributed by atoms with van der Waals surface area (Å²) < 4.78 is 0. The van der Waals surface area contributed by atoms with Crippen molar-refractivity contribution in [2.75, 3.05) is 18.4 Å². The first-order chi connectivity index (χ1) is 16.6. The molecule has 176 valence electrons. The molecule has 0 atom stereocenters. The summed E-state index contributed by atoms with van der Waals surface area (Å²) in [5.74, 6) is -0.0618. The number of unbranched alkanes of at least 4 members (excludes halogenated alkanes) is 1. The summed E-state index contributed by atoms with van der Waals surface area (Å²) in [5, 5.41) is 5.98. The Labute approximate surface area is 202 Å². The molecule has 34 heavy (non-hydrogen) atoms. The number of nitrogens with zero attached hydrogens (tertiary/aromatic N) is 1. The van der Waals surface area contributed by atoms with E-state index in [2.05, 4.69) is 51.9 Å². The van der Waals surface area contributed by atoms with E-state index in [4.69, 9.17) is 0 Å². The van der Waals surface area contributed by atoms with E-state index in [0.29, 0.717) is 6.54 Å². The average molecular weight is 456 g/mol. The molecule has 0 unspecified atom stereocenters. The fourth-order valence-corrected chi connectivity index (χ4v) is 4.55. The Morgan fingerprint density at radius 1 is 0.912 bits per heavy atom. The van der Waals surface area contributed by atoms with Crippen molar-refractivity contribution < 1.29 is 9.59 Å².